The summed E-state index contributed by atoms with van der Waals surface area (Å²) in [6, 6.07) is 28.5. The van der Waals surface area contributed by atoms with Crippen molar-refractivity contribution in [2.45, 2.75) is 31.8 Å². The molecule has 0 saturated carbocycles. The second-order valence-electron chi connectivity index (χ2n) is 8.31. The van der Waals surface area contributed by atoms with Crippen LogP contribution in [-0.4, -0.2) is 10.1 Å². The van der Waals surface area contributed by atoms with E-state index in [9.17, 15) is 0 Å². The number of hydrogen-bond acceptors (Lipinski definition) is 3. The lowest BCUT2D eigenvalue weighted by atomic mass is 10.0. The number of benzene rings is 2. The van der Waals surface area contributed by atoms with Gasteiger partial charge in [0.2, 0.25) is 0 Å². The molecule has 3 heterocycles. The van der Waals surface area contributed by atoms with E-state index in [1.165, 1.54) is 5.56 Å². The van der Waals surface area contributed by atoms with Gasteiger partial charge in [-0.15, -0.1) is 0 Å². The van der Waals surface area contributed by atoms with E-state index in [-0.39, 0.29) is 12.1 Å². The van der Waals surface area contributed by atoms with Gasteiger partial charge in [-0.05, 0) is 60.1 Å². The Morgan fingerprint density at radius 1 is 0.906 bits per heavy atom. The van der Waals surface area contributed by atoms with Crippen molar-refractivity contribution < 1.29 is 4.42 Å². The molecule has 0 spiro atoms. The molecule has 0 bridgehead atoms. The third-order valence-corrected chi connectivity index (χ3v) is 6.23. The second-order valence-corrected chi connectivity index (χ2v) is 8.70. The maximum Gasteiger partial charge on any atom is 0.174 e. The van der Waals surface area contributed by atoms with Crippen molar-refractivity contribution >= 4 is 23.0 Å². The summed E-state index contributed by atoms with van der Waals surface area (Å²) in [6.07, 6.45) is 1.81. The molecule has 0 radical (unpaired) electrons. The average molecular weight is 440 g/mol. The molecule has 0 unspecified atom stereocenters. The summed E-state index contributed by atoms with van der Waals surface area (Å²) in [7, 11) is 0. The third kappa shape index (κ3) is 3.80. The number of nitrogens with zero attached hydrogens (tertiary/aromatic N) is 2. The van der Waals surface area contributed by atoms with Crippen LogP contribution in [0.5, 0.6) is 0 Å². The van der Waals surface area contributed by atoms with Gasteiger partial charge in [-0.25, -0.2) is 0 Å². The summed E-state index contributed by atoms with van der Waals surface area (Å²) < 4.78 is 6.40. The Bertz CT molecular complexity index is 1200. The SMILES string of the molecule is CC(C)c1ccc(N2C(=S)N[C@@H](c3ccccn3)[C@H]2c2ccc(-c3ccccc3)o2)cc1. The van der Waals surface area contributed by atoms with E-state index in [1.807, 2.05) is 54.7 Å². The van der Waals surface area contributed by atoms with Crippen LogP contribution in [0.2, 0.25) is 0 Å². The largest absolute Gasteiger partial charge is 0.459 e. The predicted octanol–water partition coefficient (Wildman–Crippen LogP) is 6.64. The highest BCUT2D eigenvalue weighted by atomic mass is 32.1. The standard InChI is InChI=1S/C27H25N3OS/c1-18(2)19-11-13-21(14-12-19)30-26(25(29-27(30)32)22-10-6-7-17-28-22)24-16-15-23(31-24)20-8-4-3-5-9-20/h3-18,25-26H,1-2H3,(H,29,32)/t25-,26+/m0/s1. The van der Waals surface area contributed by atoms with E-state index in [0.29, 0.717) is 11.0 Å². The van der Waals surface area contributed by atoms with Crippen molar-refractivity contribution in [2.24, 2.45) is 0 Å². The average Bonchev–Trinajstić information content (AvgIpc) is 3.45. The van der Waals surface area contributed by atoms with E-state index in [4.69, 9.17) is 16.6 Å². The van der Waals surface area contributed by atoms with Gasteiger partial charge in [0.25, 0.3) is 0 Å². The first-order valence-electron chi connectivity index (χ1n) is 10.9. The van der Waals surface area contributed by atoms with E-state index in [0.717, 1.165) is 28.5 Å². The molecule has 0 aliphatic carbocycles. The van der Waals surface area contributed by atoms with E-state index in [1.54, 1.807) is 0 Å². The summed E-state index contributed by atoms with van der Waals surface area (Å²) in [5, 5.41) is 4.16. The molecule has 32 heavy (non-hydrogen) atoms. The molecule has 1 aliphatic heterocycles. The number of furan rings is 1. The number of pyridine rings is 1. The van der Waals surface area contributed by atoms with Gasteiger partial charge in [-0.3, -0.25) is 4.98 Å². The molecular formula is C27H25N3OS. The van der Waals surface area contributed by atoms with Gasteiger partial charge >= 0.3 is 0 Å². The highest BCUT2D eigenvalue weighted by Gasteiger charge is 2.42. The monoisotopic (exact) mass is 439 g/mol. The fourth-order valence-electron chi connectivity index (χ4n) is 4.21. The van der Waals surface area contributed by atoms with Gasteiger partial charge in [0.1, 0.15) is 17.6 Å². The lowest BCUT2D eigenvalue weighted by Gasteiger charge is -2.26. The molecule has 2 aromatic heterocycles. The van der Waals surface area contributed by atoms with Crippen LogP contribution in [0, 0.1) is 0 Å². The van der Waals surface area contributed by atoms with Crippen molar-refractivity contribution in [2.75, 3.05) is 4.90 Å². The zero-order valence-corrected chi connectivity index (χ0v) is 18.9. The lowest BCUT2D eigenvalue weighted by Crippen LogP contribution is -2.29. The van der Waals surface area contributed by atoms with Crippen LogP contribution in [-0.2, 0) is 0 Å². The van der Waals surface area contributed by atoms with Gasteiger partial charge in [-0.2, -0.15) is 0 Å². The van der Waals surface area contributed by atoms with Crippen LogP contribution in [0.4, 0.5) is 5.69 Å². The number of anilines is 1. The summed E-state index contributed by atoms with van der Waals surface area (Å²) in [5.41, 5.74) is 4.32. The molecule has 0 amide bonds. The fourth-order valence-corrected chi connectivity index (χ4v) is 4.56. The summed E-state index contributed by atoms with van der Waals surface area (Å²) in [5.74, 6) is 2.16. The highest BCUT2D eigenvalue weighted by molar-refractivity contribution is 7.80. The molecule has 4 aromatic rings. The first-order valence-corrected chi connectivity index (χ1v) is 11.3. The maximum atomic E-state index is 6.40. The molecular weight excluding hydrogens is 414 g/mol. The third-order valence-electron chi connectivity index (χ3n) is 5.91. The molecule has 1 aliphatic rings. The quantitative estimate of drug-likeness (QED) is 0.353. The minimum absolute atomic E-state index is 0.122. The molecule has 1 saturated heterocycles. The summed E-state index contributed by atoms with van der Waals surface area (Å²) >= 11 is 5.81. The smallest absolute Gasteiger partial charge is 0.174 e. The minimum atomic E-state index is -0.153. The van der Waals surface area contributed by atoms with Crippen LogP contribution in [0.15, 0.2) is 95.5 Å². The Hall–Kier alpha value is -3.44. The zero-order valence-electron chi connectivity index (χ0n) is 18.1. The Kier molecular flexibility index (Phi) is 5.50. The fraction of sp³-hybridized carbons (Fsp3) is 0.185. The lowest BCUT2D eigenvalue weighted by molar-refractivity contribution is 0.439. The van der Waals surface area contributed by atoms with E-state index < -0.39 is 0 Å². The Balaban J connectivity index is 1.58. The van der Waals surface area contributed by atoms with Gasteiger partial charge in [0, 0.05) is 17.4 Å². The minimum Gasteiger partial charge on any atom is -0.459 e. The van der Waals surface area contributed by atoms with Crippen LogP contribution in [0.1, 0.15) is 48.9 Å². The van der Waals surface area contributed by atoms with Gasteiger partial charge in [0.15, 0.2) is 5.11 Å². The van der Waals surface area contributed by atoms with Crippen LogP contribution in [0.3, 0.4) is 0 Å². The van der Waals surface area contributed by atoms with Crippen molar-refractivity contribution in [1.82, 2.24) is 10.3 Å². The molecule has 1 N–H and O–H groups in total. The number of rotatable bonds is 5. The van der Waals surface area contributed by atoms with Gasteiger partial charge in [-0.1, -0.05) is 62.4 Å². The highest BCUT2D eigenvalue weighted by Crippen LogP contribution is 2.43. The molecule has 5 rings (SSSR count). The maximum absolute atomic E-state index is 6.40. The number of thiocarbonyl (C=S) groups is 1. The second kappa shape index (κ2) is 8.60. The normalized spacial score (nSPS) is 18.2. The summed E-state index contributed by atoms with van der Waals surface area (Å²) in [6.45, 7) is 4.40. The molecule has 4 nitrogen and oxygen atoms in total. The number of aromatic nitrogens is 1. The Morgan fingerprint density at radius 3 is 2.34 bits per heavy atom. The molecule has 160 valence electrons. The summed E-state index contributed by atoms with van der Waals surface area (Å²) in [4.78, 5) is 6.76. The zero-order chi connectivity index (χ0) is 22.1. The van der Waals surface area contributed by atoms with Gasteiger partial charge < -0.3 is 14.6 Å². The Morgan fingerprint density at radius 2 is 1.66 bits per heavy atom. The number of hydrogen-bond donors (Lipinski definition) is 1. The first-order chi connectivity index (χ1) is 15.6. The van der Waals surface area contributed by atoms with Crippen molar-refractivity contribution in [1.29, 1.82) is 0 Å². The topological polar surface area (TPSA) is 41.3 Å². The van der Waals surface area contributed by atoms with Crippen LogP contribution in [0.25, 0.3) is 11.3 Å². The van der Waals surface area contributed by atoms with Crippen molar-refractivity contribution in [3.63, 3.8) is 0 Å². The predicted molar refractivity (Wildman–Crippen MR) is 133 cm³/mol. The van der Waals surface area contributed by atoms with Crippen LogP contribution < -0.4 is 10.2 Å². The van der Waals surface area contributed by atoms with Crippen molar-refractivity contribution in [3.05, 3.63) is 108 Å². The molecule has 2 atom stereocenters. The van der Waals surface area contributed by atoms with Crippen LogP contribution >= 0.6 is 12.2 Å². The van der Waals surface area contributed by atoms with E-state index >= 15 is 0 Å². The van der Waals surface area contributed by atoms with Gasteiger partial charge in [0.05, 0.1) is 11.7 Å². The Labute approximate surface area is 193 Å². The molecule has 2 aromatic carbocycles. The van der Waals surface area contributed by atoms with Crippen molar-refractivity contribution in [3.8, 4) is 11.3 Å². The molecule has 1 fully saturated rings. The van der Waals surface area contributed by atoms with E-state index in [2.05, 4.69) is 65.4 Å². The first kappa shape index (κ1) is 20.5. The molecule has 5 heteroatoms. The number of nitrogens with one attached hydrogen (secondary N) is 1.